The minimum Gasteiger partial charge on any atom is -0.368 e. The Balaban J connectivity index is 2.21. The van der Waals surface area contributed by atoms with Crippen LogP contribution in [0.2, 0.25) is 0 Å². The highest BCUT2D eigenvalue weighted by Gasteiger charge is 2.70. The summed E-state index contributed by atoms with van der Waals surface area (Å²) in [6, 6.07) is 5.42. The lowest BCUT2D eigenvalue weighted by molar-refractivity contribution is -0.235. The summed E-state index contributed by atoms with van der Waals surface area (Å²) >= 11 is 0. The fourth-order valence-corrected chi connectivity index (χ4v) is 3.66. The van der Waals surface area contributed by atoms with Crippen molar-refractivity contribution in [3.05, 3.63) is 41.1 Å². The Bertz CT molecular complexity index is 883. The van der Waals surface area contributed by atoms with Crippen molar-refractivity contribution in [2.45, 2.75) is 45.4 Å². The van der Waals surface area contributed by atoms with Crippen molar-refractivity contribution in [2.75, 3.05) is 4.90 Å². The van der Waals surface area contributed by atoms with Gasteiger partial charge in [-0.25, -0.2) is 0 Å². The molecule has 0 spiro atoms. The number of allylic oxidation sites excluding steroid dienone is 1. The first-order valence-corrected chi connectivity index (χ1v) is 8.31. The molecular formula is C19H18F3NO4. The second kappa shape index (κ2) is 5.76. The summed E-state index contributed by atoms with van der Waals surface area (Å²) in [7, 11) is 0. The van der Waals surface area contributed by atoms with Crippen molar-refractivity contribution in [2.24, 2.45) is 5.41 Å². The van der Waals surface area contributed by atoms with E-state index in [0.29, 0.717) is 5.56 Å². The van der Waals surface area contributed by atoms with Gasteiger partial charge in [0.2, 0.25) is 0 Å². The number of nitrogens with zero attached hydrogens (tertiary/aromatic N) is 1. The number of ketones is 2. The summed E-state index contributed by atoms with van der Waals surface area (Å²) in [4.78, 5) is 37.4. The number of carbonyl (C=O) groups excluding carboxylic acids is 3. The Morgan fingerprint density at radius 2 is 1.67 bits per heavy atom. The number of rotatable bonds is 2. The topological polar surface area (TPSA) is 74.7 Å². The molecule has 27 heavy (non-hydrogen) atoms. The fraction of sp³-hybridized carbons (Fsp3) is 0.421. The maximum atomic E-state index is 13.7. The van der Waals surface area contributed by atoms with E-state index in [2.05, 4.69) is 0 Å². The van der Waals surface area contributed by atoms with Gasteiger partial charge in [0.05, 0.1) is 5.57 Å². The van der Waals surface area contributed by atoms with Gasteiger partial charge in [0.15, 0.2) is 11.6 Å². The Labute approximate surface area is 153 Å². The molecule has 2 aliphatic rings. The standard InChI is InChI=1S/C19H18F3NO4/c1-10(24)11-4-6-12(7-5-11)23-13-8-17(2,3)9-14(25)15(13)18(27,16(23)26)19(20,21)22/h4-7,27H,8-9H2,1-3H3. The van der Waals surface area contributed by atoms with Gasteiger partial charge in [0.25, 0.3) is 11.5 Å². The molecule has 1 unspecified atom stereocenters. The molecule has 0 bridgehead atoms. The summed E-state index contributed by atoms with van der Waals surface area (Å²) in [5.74, 6) is -2.76. The van der Waals surface area contributed by atoms with Gasteiger partial charge in [-0.1, -0.05) is 13.8 Å². The molecule has 1 N–H and O–H groups in total. The normalized spacial score (nSPS) is 25.1. The van der Waals surface area contributed by atoms with Crippen molar-refractivity contribution >= 4 is 23.2 Å². The highest BCUT2D eigenvalue weighted by Crippen LogP contribution is 2.52. The second-order valence-electron chi connectivity index (χ2n) is 7.71. The molecule has 1 atom stereocenters. The number of benzene rings is 1. The van der Waals surface area contributed by atoms with Gasteiger partial charge in [-0.15, -0.1) is 0 Å². The Morgan fingerprint density at radius 3 is 2.15 bits per heavy atom. The van der Waals surface area contributed by atoms with Crippen molar-refractivity contribution in [3.63, 3.8) is 0 Å². The third kappa shape index (κ3) is 2.79. The molecule has 0 fully saturated rings. The molecule has 1 amide bonds. The van der Waals surface area contributed by atoms with Gasteiger partial charge in [-0.05, 0) is 43.0 Å². The van der Waals surface area contributed by atoms with Crippen LogP contribution in [0.15, 0.2) is 35.5 Å². The number of hydrogen-bond acceptors (Lipinski definition) is 4. The fourth-order valence-electron chi connectivity index (χ4n) is 3.66. The number of Topliss-reactive ketones (excluding diaryl/α,β-unsaturated/α-hetero) is 2. The van der Waals surface area contributed by atoms with Crippen molar-refractivity contribution < 1.29 is 32.7 Å². The van der Waals surface area contributed by atoms with Crippen LogP contribution in [0.4, 0.5) is 18.9 Å². The van der Waals surface area contributed by atoms with Crippen LogP contribution in [0.1, 0.15) is 44.0 Å². The van der Waals surface area contributed by atoms with Gasteiger partial charge >= 0.3 is 6.18 Å². The number of alkyl halides is 3. The molecule has 0 saturated heterocycles. The molecule has 1 aliphatic carbocycles. The van der Waals surface area contributed by atoms with E-state index in [-0.39, 0.29) is 30.0 Å². The average Bonchev–Trinajstić information content (AvgIpc) is 2.74. The predicted octanol–water partition coefficient (Wildman–Crippen LogP) is 3.17. The third-order valence-corrected chi connectivity index (χ3v) is 4.94. The van der Waals surface area contributed by atoms with Gasteiger partial charge in [0.1, 0.15) is 0 Å². The van der Waals surface area contributed by atoms with Crippen LogP contribution in [0, 0.1) is 5.41 Å². The molecule has 1 heterocycles. The minimum atomic E-state index is -5.34. The van der Waals surface area contributed by atoms with E-state index in [1.807, 2.05) is 0 Å². The zero-order valence-corrected chi connectivity index (χ0v) is 15.0. The predicted molar refractivity (Wildman–Crippen MR) is 90.0 cm³/mol. The van der Waals surface area contributed by atoms with E-state index in [0.717, 1.165) is 4.90 Å². The maximum absolute atomic E-state index is 13.7. The quantitative estimate of drug-likeness (QED) is 0.799. The second-order valence-corrected chi connectivity index (χ2v) is 7.71. The molecule has 5 nitrogen and oxygen atoms in total. The van der Waals surface area contributed by atoms with Crippen LogP contribution in [-0.4, -0.2) is 34.4 Å². The van der Waals surface area contributed by atoms with Gasteiger partial charge in [-0.3, -0.25) is 19.3 Å². The van der Waals surface area contributed by atoms with Crippen LogP contribution in [0.3, 0.4) is 0 Å². The zero-order chi connectivity index (χ0) is 20.4. The molecular weight excluding hydrogens is 363 g/mol. The molecule has 0 radical (unpaired) electrons. The Hall–Kier alpha value is -2.48. The summed E-state index contributed by atoms with van der Waals surface area (Å²) in [5.41, 5.74) is -5.18. The van der Waals surface area contributed by atoms with Crippen LogP contribution in [0.25, 0.3) is 0 Å². The van der Waals surface area contributed by atoms with E-state index in [4.69, 9.17) is 0 Å². The Kier molecular flexibility index (Phi) is 4.11. The van der Waals surface area contributed by atoms with Crippen molar-refractivity contribution in [1.82, 2.24) is 0 Å². The lowest BCUT2D eigenvalue weighted by Crippen LogP contribution is -2.55. The van der Waals surface area contributed by atoms with Gasteiger partial charge < -0.3 is 5.11 Å². The van der Waals surface area contributed by atoms with Crippen LogP contribution in [0.5, 0.6) is 0 Å². The van der Waals surface area contributed by atoms with Crippen molar-refractivity contribution in [1.29, 1.82) is 0 Å². The lowest BCUT2D eigenvalue weighted by Gasteiger charge is -2.33. The van der Waals surface area contributed by atoms with Gasteiger partial charge in [0, 0.05) is 23.4 Å². The number of halogens is 3. The maximum Gasteiger partial charge on any atom is 0.430 e. The number of aliphatic hydroxyl groups is 1. The summed E-state index contributed by atoms with van der Waals surface area (Å²) in [6.45, 7) is 4.75. The van der Waals surface area contributed by atoms with E-state index in [1.54, 1.807) is 13.8 Å². The molecule has 1 aliphatic heterocycles. The number of amides is 1. The van der Waals surface area contributed by atoms with E-state index in [1.165, 1.54) is 31.2 Å². The highest BCUT2D eigenvalue weighted by atomic mass is 19.4. The third-order valence-electron chi connectivity index (χ3n) is 4.94. The summed E-state index contributed by atoms with van der Waals surface area (Å²) in [6.07, 6.45) is -5.52. The zero-order valence-electron chi connectivity index (χ0n) is 15.0. The molecule has 1 aromatic carbocycles. The smallest absolute Gasteiger partial charge is 0.368 e. The molecule has 3 rings (SSSR count). The Morgan fingerprint density at radius 1 is 1.11 bits per heavy atom. The van der Waals surface area contributed by atoms with E-state index < -0.39 is 34.5 Å². The molecule has 0 aromatic heterocycles. The van der Waals surface area contributed by atoms with Gasteiger partial charge in [-0.2, -0.15) is 13.2 Å². The molecule has 144 valence electrons. The monoisotopic (exact) mass is 381 g/mol. The average molecular weight is 381 g/mol. The number of anilines is 1. The first-order chi connectivity index (χ1) is 12.3. The van der Waals surface area contributed by atoms with Crippen molar-refractivity contribution in [3.8, 4) is 0 Å². The number of carbonyl (C=O) groups is 3. The van der Waals surface area contributed by atoms with Crippen LogP contribution in [-0.2, 0) is 9.59 Å². The van der Waals surface area contributed by atoms with Crippen LogP contribution < -0.4 is 4.90 Å². The van der Waals surface area contributed by atoms with E-state index >= 15 is 0 Å². The highest BCUT2D eigenvalue weighted by molar-refractivity contribution is 6.18. The van der Waals surface area contributed by atoms with Crippen LogP contribution >= 0.6 is 0 Å². The minimum absolute atomic E-state index is 0.0205. The molecule has 0 saturated carbocycles. The van der Waals surface area contributed by atoms with E-state index in [9.17, 15) is 32.7 Å². The SMILES string of the molecule is CC(=O)c1ccc(N2C(=O)C(O)(C(F)(F)F)C3=C2CC(C)(C)CC3=O)cc1. The summed E-state index contributed by atoms with van der Waals surface area (Å²) < 4.78 is 41.0. The molecule has 1 aromatic rings. The lowest BCUT2D eigenvalue weighted by atomic mass is 9.73. The first-order valence-electron chi connectivity index (χ1n) is 8.31. The largest absolute Gasteiger partial charge is 0.430 e. The first kappa shape index (κ1) is 19.3. The molecule has 8 heteroatoms. The summed E-state index contributed by atoms with van der Waals surface area (Å²) in [5, 5.41) is 10.4. The number of hydrogen-bond donors (Lipinski definition) is 1.